The van der Waals surface area contributed by atoms with Crippen LogP contribution < -0.4 is 10.6 Å². The predicted octanol–water partition coefficient (Wildman–Crippen LogP) is 4.13. The molecule has 0 fully saturated rings. The Balaban J connectivity index is 2.08. The Bertz CT molecular complexity index is 1060. The fraction of sp³-hybridized carbons (Fsp3) is 0.182. The van der Waals surface area contributed by atoms with E-state index in [-0.39, 0.29) is 34.4 Å². The van der Waals surface area contributed by atoms with Crippen molar-refractivity contribution >= 4 is 34.8 Å². The summed E-state index contributed by atoms with van der Waals surface area (Å²) >= 11 is 0. The lowest BCUT2D eigenvalue weighted by Gasteiger charge is -2.16. The van der Waals surface area contributed by atoms with Gasteiger partial charge in [-0.2, -0.15) is 13.2 Å². The molecule has 2 aromatic rings. The molecule has 0 unspecified atom stereocenters. The molecule has 0 aliphatic carbocycles. The lowest BCUT2D eigenvalue weighted by molar-refractivity contribution is -0.165. The molecule has 2 N–H and O–H groups in total. The third-order valence-electron chi connectivity index (χ3n) is 4.12. The molecule has 168 valence electrons. The number of alkyl halides is 3. The van der Waals surface area contributed by atoms with Crippen LogP contribution in [0.25, 0.3) is 0 Å². The van der Waals surface area contributed by atoms with E-state index in [1.54, 1.807) is 12.1 Å². The Morgan fingerprint density at radius 2 is 1.50 bits per heavy atom. The molecule has 0 spiro atoms. The zero-order chi connectivity index (χ0) is 23.9. The number of carbonyl (C=O) groups is 4. The van der Waals surface area contributed by atoms with E-state index in [1.165, 1.54) is 50.2 Å². The molecule has 0 saturated carbocycles. The van der Waals surface area contributed by atoms with Crippen molar-refractivity contribution in [2.45, 2.75) is 26.1 Å². The van der Waals surface area contributed by atoms with E-state index in [1.807, 2.05) is 0 Å². The van der Waals surface area contributed by atoms with E-state index in [4.69, 9.17) is 4.74 Å². The van der Waals surface area contributed by atoms with Crippen LogP contribution in [0.4, 0.5) is 24.5 Å². The van der Waals surface area contributed by atoms with Crippen LogP contribution in [0.3, 0.4) is 0 Å². The molecule has 1 atom stereocenters. The SMILES string of the molecule is CC(=O)c1ccccc1NC(=O)[C@@H](C)OC(=O)c1ccccc1N/C=C/C(=O)C(F)(F)F. The van der Waals surface area contributed by atoms with Crippen molar-refractivity contribution in [3.63, 3.8) is 0 Å². The van der Waals surface area contributed by atoms with Gasteiger partial charge in [0.25, 0.3) is 11.7 Å². The molecule has 2 rings (SSSR count). The van der Waals surface area contributed by atoms with Gasteiger partial charge in [-0.3, -0.25) is 14.4 Å². The number of hydrogen-bond donors (Lipinski definition) is 2. The summed E-state index contributed by atoms with van der Waals surface area (Å²) in [6.07, 6.45) is -5.24. The Morgan fingerprint density at radius 1 is 0.938 bits per heavy atom. The standard InChI is InChI=1S/C22H19F3N2O5/c1-13(28)15-7-3-6-10-18(15)27-20(30)14(2)32-21(31)16-8-4-5-9-17(16)26-12-11-19(29)22(23,24)25/h3-12,14,26H,1-2H3,(H,27,30)/b12-11+/t14-/m1/s1. The maximum atomic E-state index is 12.5. The van der Waals surface area contributed by atoms with Gasteiger partial charge < -0.3 is 15.4 Å². The molecular formula is C22H19F3N2O5. The number of rotatable bonds is 8. The largest absolute Gasteiger partial charge is 0.454 e. The average molecular weight is 448 g/mol. The highest BCUT2D eigenvalue weighted by Gasteiger charge is 2.36. The quantitative estimate of drug-likeness (QED) is 0.358. The molecule has 1 amide bonds. The number of esters is 1. The van der Waals surface area contributed by atoms with Crippen molar-refractivity contribution in [2.75, 3.05) is 10.6 Å². The number of benzene rings is 2. The number of halogens is 3. The maximum Gasteiger partial charge on any atom is 0.454 e. The summed E-state index contributed by atoms with van der Waals surface area (Å²) in [4.78, 5) is 47.5. The molecule has 10 heteroatoms. The number of carbonyl (C=O) groups excluding carboxylic acids is 4. The van der Waals surface area contributed by atoms with E-state index < -0.39 is 29.9 Å². The Morgan fingerprint density at radius 3 is 2.09 bits per heavy atom. The van der Waals surface area contributed by atoms with Crippen LogP contribution in [0.5, 0.6) is 0 Å². The van der Waals surface area contributed by atoms with Gasteiger partial charge in [-0.05, 0) is 38.1 Å². The summed E-state index contributed by atoms with van der Waals surface area (Å²) in [6, 6.07) is 12.0. The van der Waals surface area contributed by atoms with E-state index in [2.05, 4.69) is 10.6 Å². The van der Waals surface area contributed by atoms with E-state index >= 15 is 0 Å². The number of hydrogen-bond acceptors (Lipinski definition) is 6. The predicted molar refractivity (Wildman–Crippen MR) is 110 cm³/mol. The van der Waals surface area contributed by atoms with E-state index in [0.717, 1.165) is 6.20 Å². The molecule has 0 saturated heterocycles. The van der Waals surface area contributed by atoms with Gasteiger partial charge in [0.2, 0.25) is 0 Å². The first-order chi connectivity index (χ1) is 15.0. The van der Waals surface area contributed by atoms with Gasteiger partial charge in [0, 0.05) is 17.8 Å². The molecule has 0 aromatic heterocycles. The minimum Gasteiger partial charge on any atom is -0.449 e. The van der Waals surface area contributed by atoms with Crippen molar-refractivity contribution in [1.29, 1.82) is 0 Å². The molecule has 0 radical (unpaired) electrons. The third kappa shape index (κ3) is 6.53. The summed E-state index contributed by atoms with van der Waals surface area (Å²) in [5.74, 6) is -3.94. The van der Waals surface area contributed by atoms with Gasteiger partial charge in [0.15, 0.2) is 11.9 Å². The Kier molecular flexibility index (Phi) is 7.89. The summed E-state index contributed by atoms with van der Waals surface area (Å²) in [6.45, 7) is 2.66. The van der Waals surface area contributed by atoms with Crippen LogP contribution in [0.1, 0.15) is 34.6 Å². The number of anilines is 2. The fourth-order valence-corrected chi connectivity index (χ4v) is 2.50. The summed E-state index contributed by atoms with van der Waals surface area (Å²) in [5.41, 5.74) is 0.544. The van der Waals surface area contributed by atoms with Crippen LogP contribution in [0, 0.1) is 0 Å². The number of nitrogens with one attached hydrogen (secondary N) is 2. The Hall–Kier alpha value is -3.95. The number of ketones is 2. The molecule has 2 aromatic carbocycles. The summed E-state index contributed by atoms with van der Waals surface area (Å²) in [5, 5.41) is 4.94. The second kappa shape index (κ2) is 10.4. The van der Waals surface area contributed by atoms with Crippen molar-refractivity contribution in [2.24, 2.45) is 0 Å². The van der Waals surface area contributed by atoms with Gasteiger partial charge >= 0.3 is 12.1 Å². The van der Waals surface area contributed by atoms with Gasteiger partial charge in [-0.25, -0.2) is 4.79 Å². The van der Waals surface area contributed by atoms with Gasteiger partial charge in [0.1, 0.15) is 0 Å². The van der Waals surface area contributed by atoms with E-state index in [9.17, 15) is 32.3 Å². The fourth-order valence-electron chi connectivity index (χ4n) is 2.50. The van der Waals surface area contributed by atoms with Gasteiger partial charge in [0.05, 0.1) is 16.9 Å². The van der Waals surface area contributed by atoms with E-state index in [0.29, 0.717) is 0 Å². The van der Waals surface area contributed by atoms with Crippen LogP contribution in [0.2, 0.25) is 0 Å². The zero-order valence-corrected chi connectivity index (χ0v) is 17.0. The molecule has 0 aliphatic rings. The van der Waals surface area contributed by atoms with Crippen LogP contribution in [0.15, 0.2) is 60.8 Å². The number of amides is 1. The summed E-state index contributed by atoms with van der Waals surface area (Å²) in [7, 11) is 0. The summed E-state index contributed by atoms with van der Waals surface area (Å²) < 4.78 is 41.9. The highest BCUT2D eigenvalue weighted by atomic mass is 19.4. The van der Waals surface area contributed by atoms with Crippen molar-refractivity contribution < 1.29 is 37.1 Å². The molecule has 0 aliphatic heterocycles. The number of ether oxygens (including phenoxy) is 1. The lowest BCUT2D eigenvalue weighted by Crippen LogP contribution is -2.30. The highest BCUT2D eigenvalue weighted by molar-refractivity contribution is 6.05. The molecule has 7 nitrogen and oxygen atoms in total. The zero-order valence-electron chi connectivity index (χ0n) is 17.0. The number of para-hydroxylation sites is 2. The lowest BCUT2D eigenvalue weighted by atomic mass is 10.1. The first-order valence-corrected chi connectivity index (χ1v) is 9.25. The Labute approximate surface area is 181 Å². The van der Waals surface area contributed by atoms with Crippen LogP contribution in [-0.4, -0.2) is 35.7 Å². The molecular weight excluding hydrogens is 429 g/mol. The van der Waals surface area contributed by atoms with Crippen LogP contribution >= 0.6 is 0 Å². The maximum absolute atomic E-state index is 12.5. The topological polar surface area (TPSA) is 102 Å². The van der Waals surface area contributed by atoms with Gasteiger partial charge in [-0.1, -0.05) is 24.3 Å². The second-order valence-electron chi connectivity index (χ2n) is 6.52. The average Bonchev–Trinajstić information content (AvgIpc) is 2.73. The first kappa shape index (κ1) is 24.3. The van der Waals surface area contributed by atoms with Gasteiger partial charge in [-0.15, -0.1) is 0 Å². The van der Waals surface area contributed by atoms with Crippen molar-refractivity contribution in [3.05, 3.63) is 71.9 Å². The minimum absolute atomic E-state index is 0.0678. The molecule has 0 heterocycles. The monoisotopic (exact) mass is 448 g/mol. The minimum atomic E-state index is -5.01. The molecule has 0 bridgehead atoms. The first-order valence-electron chi connectivity index (χ1n) is 9.25. The molecule has 32 heavy (non-hydrogen) atoms. The number of allylic oxidation sites excluding steroid dienone is 1. The smallest absolute Gasteiger partial charge is 0.449 e. The highest BCUT2D eigenvalue weighted by Crippen LogP contribution is 2.20. The van der Waals surface area contributed by atoms with Crippen molar-refractivity contribution in [1.82, 2.24) is 0 Å². The number of Topliss-reactive ketones (excluding diaryl/α,β-unsaturated/α-hetero) is 1. The third-order valence-corrected chi connectivity index (χ3v) is 4.12. The van der Waals surface area contributed by atoms with Crippen LogP contribution in [-0.2, 0) is 14.3 Å². The van der Waals surface area contributed by atoms with Crippen molar-refractivity contribution in [3.8, 4) is 0 Å². The second-order valence-corrected chi connectivity index (χ2v) is 6.52. The normalized spacial score (nSPS) is 12.2.